The number of amidine groups is 1. The molecule has 0 rings (SSSR count). The van der Waals surface area contributed by atoms with E-state index in [9.17, 15) is 4.79 Å². The Labute approximate surface area is 63.2 Å². The van der Waals surface area contributed by atoms with Crippen LogP contribution in [-0.2, 0) is 4.74 Å². The summed E-state index contributed by atoms with van der Waals surface area (Å²) in [4.78, 5) is 10.3. The van der Waals surface area contributed by atoms with Crippen LogP contribution >= 0.6 is 11.6 Å². The van der Waals surface area contributed by atoms with Crippen molar-refractivity contribution in [3.8, 4) is 0 Å². The molecule has 58 valence electrons. The number of methoxy groups -OCH3 is 1. The fourth-order valence-electron chi connectivity index (χ4n) is 0.193. The van der Waals surface area contributed by atoms with Crippen molar-refractivity contribution in [2.75, 3.05) is 13.0 Å². The number of rotatable bonds is 2. The molecule has 10 heavy (non-hydrogen) atoms. The second-order valence-corrected chi connectivity index (χ2v) is 1.61. The van der Waals surface area contributed by atoms with Gasteiger partial charge in [-0.2, -0.15) is 5.10 Å². The normalized spacial score (nSPS) is 10.8. The highest BCUT2D eigenvalue weighted by Gasteiger charge is 1.94. The Hall–Kier alpha value is -0.970. The number of ether oxygens (including phenoxy) is 1. The van der Waals surface area contributed by atoms with E-state index < -0.39 is 6.09 Å². The molecular weight excluding hydrogens is 160 g/mol. The van der Waals surface area contributed by atoms with E-state index in [2.05, 4.69) is 9.84 Å². The van der Waals surface area contributed by atoms with E-state index in [1.165, 1.54) is 7.11 Å². The lowest BCUT2D eigenvalue weighted by atomic mass is 11.2. The maximum atomic E-state index is 10.3. The maximum Gasteiger partial charge on any atom is 0.427 e. The second kappa shape index (κ2) is 4.87. The number of alkyl halides is 1. The van der Waals surface area contributed by atoms with E-state index in [-0.39, 0.29) is 11.7 Å². The number of hydrogen-bond acceptors (Lipinski definition) is 3. The molecule has 0 aromatic rings. The minimum Gasteiger partial charge on any atom is -0.452 e. The van der Waals surface area contributed by atoms with E-state index >= 15 is 0 Å². The van der Waals surface area contributed by atoms with E-state index in [1.54, 1.807) is 0 Å². The largest absolute Gasteiger partial charge is 0.452 e. The van der Waals surface area contributed by atoms with Crippen molar-refractivity contribution in [1.82, 2.24) is 5.43 Å². The fourth-order valence-corrected chi connectivity index (χ4v) is 0.253. The quantitative estimate of drug-likeness (QED) is 0.260. The van der Waals surface area contributed by atoms with Crippen LogP contribution in [0.25, 0.3) is 0 Å². The van der Waals surface area contributed by atoms with E-state index in [0.717, 1.165) is 0 Å². The SMILES string of the molecule is COC(=O)N/N=[14C](\N)CCl. The van der Waals surface area contributed by atoms with E-state index in [4.69, 9.17) is 17.3 Å². The third-order valence-corrected chi connectivity index (χ3v) is 0.887. The first-order chi connectivity index (χ1) is 4.70. The van der Waals surface area contributed by atoms with E-state index in [1.807, 2.05) is 5.43 Å². The Morgan fingerprint density at radius 2 is 2.60 bits per heavy atom. The number of amides is 1. The van der Waals surface area contributed by atoms with Crippen LogP contribution in [0.3, 0.4) is 0 Å². The van der Waals surface area contributed by atoms with Crippen molar-refractivity contribution in [2.24, 2.45) is 10.8 Å². The smallest absolute Gasteiger partial charge is 0.427 e. The summed E-state index contributed by atoms with van der Waals surface area (Å²) >= 11 is 5.23. The number of hydrazone groups is 1. The molecule has 0 aliphatic carbocycles. The van der Waals surface area contributed by atoms with Crippen LogP contribution in [0.1, 0.15) is 0 Å². The molecule has 0 aromatic heterocycles. The molecule has 0 bridgehead atoms. The molecule has 0 aliphatic rings. The molecule has 0 aliphatic heterocycles. The topological polar surface area (TPSA) is 76.7 Å². The maximum absolute atomic E-state index is 10.3. The molecule has 0 saturated carbocycles. The summed E-state index contributed by atoms with van der Waals surface area (Å²) in [6.45, 7) is 0. The Kier molecular flexibility index (Phi) is 4.39. The highest BCUT2D eigenvalue weighted by molar-refractivity contribution is 6.27. The van der Waals surface area contributed by atoms with Gasteiger partial charge in [-0.05, 0) is 0 Å². The molecule has 0 atom stereocenters. The molecule has 0 heterocycles. The van der Waals surface area contributed by atoms with Crippen LogP contribution in [-0.4, -0.2) is 24.9 Å². The lowest BCUT2D eigenvalue weighted by Crippen LogP contribution is -2.23. The van der Waals surface area contributed by atoms with Gasteiger partial charge in [-0.1, -0.05) is 0 Å². The first-order valence-electron chi connectivity index (χ1n) is 2.42. The summed E-state index contributed by atoms with van der Waals surface area (Å²) in [6, 6.07) is 0. The summed E-state index contributed by atoms with van der Waals surface area (Å²) in [5.41, 5.74) is 7.12. The summed E-state index contributed by atoms with van der Waals surface area (Å²) in [5.74, 6) is 0.205. The monoisotopic (exact) mass is 167 g/mol. The van der Waals surface area contributed by atoms with Crippen molar-refractivity contribution in [3.63, 3.8) is 0 Å². The number of carbonyl (C=O) groups is 1. The molecule has 0 unspecified atom stereocenters. The van der Waals surface area contributed by atoms with Gasteiger partial charge in [0.05, 0.1) is 13.0 Å². The molecule has 0 saturated heterocycles. The van der Waals surface area contributed by atoms with Crippen LogP contribution in [0.5, 0.6) is 0 Å². The number of halogens is 1. The highest BCUT2D eigenvalue weighted by Crippen LogP contribution is 1.75. The van der Waals surface area contributed by atoms with Gasteiger partial charge in [-0.25, -0.2) is 10.2 Å². The average molecular weight is 168 g/mol. The standard InChI is InChI=1S/C4H8ClN3O2/c1-10-4(9)8-7-3(6)2-5/h2H2,1H3,(H2,6,7)(H,8,9)/i3+2. The first-order valence-corrected chi connectivity index (χ1v) is 2.96. The lowest BCUT2D eigenvalue weighted by molar-refractivity contribution is 0.171. The molecule has 0 aromatic carbocycles. The predicted molar refractivity (Wildman–Crippen MR) is 37.9 cm³/mol. The molecule has 0 spiro atoms. The highest BCUT2D eigenvalue weighted by atomic mass is 35.5. The van der Waals surface area contributed by atoms with Crippen molar-refractivity contribution >= 4 is 23.5 Å². The molecule has 3 N–H and O–H groups in total. The van der Waals surface area contributed by atoms with Gasteiger partial charge < -0.3 is 10.5 Å². The fraction of sp³-hybridized carbons (Fsp3) is 0.500. The lowest BCUT2D eigenvalue weighted by Gasteiger charge is -1.96. The van der Waals surface area contributed by atoms with Crippen LogP contribution in [0.4, 0.5) is 4.79 Å². The van der Waals surface area contributed by atoms with Crippen LogP contribution in [0.2, 0.25) is 0 Å². The van der Waals surface area contributed by atoms with Crippen LogP contribution in [0, 0.1) is 0 Å². The van der Waals surface area contributed by atoms with Crippen molar-refractivity contribution in [3.05, 3.63) is 0 Å². The predicted octanol–water partition coefficient (Wildman–Crippen LogP) is -0.147. The van der Waals surface area contributed by atoms with Gasteiger partial charge >= 0.3 is 6.09 Å². The number of carbonyl (C=O) groups excluding carboxylic acids is 1. The van der Waals surface area contributed by atoms with Gasteiger partial charge in [-0.15, -0.1) is 11.6 Å². The third kappa shape index (κ3) is 3.96. The number of nitrogens with one attached hydrogen (secondary N) is 1. The van der Waals surface area contributed by atoms with Crippen molar-refractivity contribution in [2.45, 2.75) is 0 Å². The van der Waals surface area contributed by atoms with Gasteiger partial charge in [0.1, 0.15) is 5.84 Å². The summed E-state index contributed by atoms with van der Waals surface area (Å²) in [6.07, 6.45) is -0.673. The van der Waals surface area contributed by atoms with Gasteiger partial charge in [0.15, 0.2) is 0 Å². The molecule has 0 fully saturated rings. The van der Waals surface area contributed by atoms with Crippen molar-refractivity contribution < 1.29 is 9.53 Å². The van der Waals surface area contributed by atoms with E-state index in [0.29, 0.717) is 0 Å². The Balaban J connectivity index is 3.61. The van der Waals surface area contributed by atoms with Gasteiger partial charge in [0, 0.05) is 0 Å². The van der Waals surface area contributed by atoms with Crippen LogP contribution in [0.15, 0.2) is 5.10 Å². The minimum atomic E-state index is -0.673. The summed E-state index contributed by atoms with van der Waals surface area (Å²) in [7, 11) is 1.22. The van der Waals surface area contributed by atoms with Crippen molar-refractivity contribution in [1.29, 1.82) is 0 Å². The second-order valence-electron chi connectivity index (χ2n) is 1.34. The zero-order valence-electron chi connectivity index (χ0n) is 5.43. The molecule has 6 heteroatoms. The molecular formula is C4H8ClN3O2. The number of hydrogen-bond donors (Lipinski definition) is 2. The number of nitrogens with zero attached hydrogens (tertiary/aromatic N) is 1. The Morgan fingerprint density at radius 3 is 3.00 bits per heavy atom. The van der Waals surface area contributed by atoms with Gasteiger partial charge in [0.2, 0.25) is 0 Å². The molecule has 5 nitrogen and oxygen atoms in total. The first kappa shape index (κ1) is 9.03. The van der Waals surface area contributed by atoms with Gasteiger partial charge in [-0.3, -0.25) is 0 Å². The minimum absolute atomic E-state index is 0.0734. The zero-order chi connectivity index (χ0) is 7.98. The van der Waals surface area contributed by atoms with Gasteiger partial charge in [0.25, 0.3) is 0 Å². The Bertz CT molecular complexity index is 147. The zero-order valence-corrected chi connectivity index (χ0v) is 6.18. The number of nitrogens with two attached hydrogens (primary N) is 1. The summed E-state index contributed by atoms with van der Waals surface area (Å²) in [5, 5.41) is 3.35. The summed E-state index contributed by atoms with van der Waals surface area (Å²) < 4.78 is 4.19. The average Bonchev–Trinajstić information content (AvgIpc) is 1.99. The molecule has 1 amide bonds. The van der Waals surface area contributed by atoms with Crippen LogP contribution < -0.4 is 11.2 Å². The molecule has 0 radical (unpaired) electrons. The Morgan fingerprint density at radius 1 is 2.00 bits per heavy atom. The third-order valence-electron chi connectivity index (χ3n) is 0.613.